The van der Waals surface area contributed by atoms with Crippen LogP contribution in [0.15, 0.2) is 18.2 Å². The first kappa shape index (κ1) is 34.6. The lowest BCUT2D eigenvalue weighted by molar-refractivity contribution is -0.142. The first-order valence-corrected chi connectivity index (χ1v) is 15.1. The van der Waals surface area contributed by atoms with Crippen LogP contribution in [0.2, 0.25) is 0 Å². The van der Waals surface area contributed by atoms with E-state index in [1.807, 2.05) is 0 Å². The van der Waals surface area contributed by atoms with Crippen LogP contribution >= 0.6 is 12.6 Å². The summed E-state index contributed by atoms with van der Waals surface area (Å²) in [5.41, 5.74) is 0.235. The number of alkyl carbamates (subject to hydrolysis) is 1. The molecule has 2 atom stereocenters. The van der Waals surface area contributed by atoms with Crippen LogP contribution in [0, 0.1) is 6.92 Å². The molecule has 222 valence electrons. The highest BCUT2D eigenvalue weighted by Crippen LogP contribution is 2.32. The molecule has 0 aliphatic carbocycles. The van der Waals surface area contributed by atoms with Gasteiger partial charge in [-0.15, -0.1) is 0 Å². The Morgan fingerprint density at radius 3 is 2.23 bits per heavy atom. The highest BCUT2D eigenvalue weighted by atomic mass is 32.1. The maximum Gasteiger partial charge on any atom is 0.408 e. The lowest BCUT2D eigenvalue weighted by atomic mass is 9.98. The fourth-order valence-electron chi connectivity index (χ4n) is 4.30. The third kappa shape index (κ3) is 12.5. The molecule has 0 saturated heterocycles. The van der Waals surface area contributed by atoms with E-state index in [4.69, 9.17) is 4.74 Å². The van der Waals surface area contributed by atoms with Gasteiger partial charge in [0.2, 0.25) is 11.8 Å². The number of ether oxygens (including phenoxy) is 1. The zero-order valence-corrected chi connectivity index (χ0v) is 25.7. The zero-order valence-electron chi connectivity index (χ0n) is 24.8. The summed E-state index contributed by atoms with van der Waals surface area (Å²) in [6.07, 6.45) is 8.11. The maximum absolute atomic E-state index is 14.0. The first-order valence-electron chi connectivity index (χ1n) is 14.4. The van der Waals surface area contributed by atoms with Crippen LogP contribution in [-0.2, 0) is 14.3 Å². The quantitative estimate of drug-likeness (QED) is 0.136. The third-order valence-corrected chi connectivity index (χ3v) is 6.78. The van der Waals surface area contributed by atoms with E-state index in [0.717, 1.165) is 51.4 Å². The van der Waals surface area contributed by atoms with Crippen molar-refractivity contribution in [1.29, 1.82) is 0 Å². The van der Waals surface area contributed by atoms with Gasteiger partial charge in [-0.25, -0.2) is 4.79 Å². The lowest BCUT2D eigenvalue weighted by Crippen LogP contribution is -2.54. The molecule has 1 rings (SSSR count). The van der Waals surface area contributed by atoms with E-state index >= 15 is 0 Å². The number of phenols is 1. The fourth-order valence-corrected chi connectivity index (χ4v) is 4.55. The van der Waals surface area contributed by atoms with E-state index in [9.17, 15) is 19.5 Å². The molecule has 0 bridgehead atoms. The topological polar surface area (TPSA) is 108 Å². The smallest absolute Gasteiger partial charge is 0.408 e. The number of carbonyl (C=O) groups is 3. The fraction of sp³-hybridized carbons (Fsp3) is 0.700. The van der Waals surface area contributed by atoms with Crippen LogP contribution in [0.25, 0.3) is 0 Å². The van der Waals surface area contributed by atoms with Crippen molar-refractivity contribution in [2.24, 2.45) is 0 Å². The molecule has 0 heterocycles. The Balaban J connectivity index is 3.37. The molecule has 0 aliphatic rings. The average molecular weight is 566 g/mol. The number of rotatable bonds is 17. The minimum absolute atomic E-state index is 0.0190. The summed E-state index contributed by atoms with van der Waals surface area (Å²) in [7, 11) is 0. The Morgan fingerprint density at radius 1 is 1.00 bits per heavy atom. The van der Waals surface area contributed by atoms with Crippen molar-refractivity contribution < 1.29 is 24.2 Å². The number of carbonyl (C=O) groups excluding carboxylic acids is 3. The summed E-state index contributed by atoms with van der Waals surface area (Å²) >= 11 is 4.34. The van der Waals surface area contributed by atoms with Gasteiger partial charge >= 0.3 is 6.09 Å². The Kier molecular flexibility index (Phi) is 16.0. The highest BCUT2D eigenvalue weighted by Gasteiger charge is 2.37. The molecular formula is C30H51N3O5S. The number of thiol groups is 1. The van der Waals surface area contributed by atoms with Crippen molar-refractivity contribution in [3.8, 4) is 5.75 Å². The molecule has 0 fully saturated rings. The molecule has 39 heavy (non-hydrogen) atoms. The summed E-state index contributed by atoms with van der Waals surface area (Å²) < 4.78 is 5.37. The van der Waals surface area contributed by atoms with Crippen LogP contribution in [0.1, 0.15) is 110 Å². The van der Waals surface area contributed by atoms with Crippen molar-refractivity contribution >= 4 is 30.5 Å². The minimum atomic E-state index is -1.06. The predicted octanol–water partition coefficient (Wildman–Crippen LogP) is 6.06. The highest BCUT2D eigenvalue weighted by molar-refractivity contribution is 7.80. The number of benzene rings is 1. The van der Waals surface area contributed by atoms with Gasteiger partial charge in [0, 0.05) is 24.4 Å². The lowest BCUT2D eigenvalue weighted by Gasteiger charge is -2.34. The molecule has 2 unspecified atom stereocenters. The second-order valence-corrected chi connectivity index (χ2v) is 11.5. The molecule has 1 aromatic rings. The molecule has 9 heteroatoms. The standard InChI is InChI=1S/C30H51N3O5S/c1-7-9-11-12-13-15-20-33(28(36)24(21-39)32-29(37)38-30(4,5)6)25(27(35)31-19-14-10-8-2)23-18-16-17-22(3)26(23)34/h16-18,24-25,34,39H,7-15,19-21H2,1-6H3,(H,31,35)(H,32,37). The van der Waals surface area contributed by atoms with Crippen LogP contribution < -0.4 is 10.6 Å². The largest absolute Gasteiger partial charge is 0.507 e. The maximum atomic E-state index is 14.0. The van der Waals surface area contributed by atoms with Gasteiger partial charge in [0.1, 0.15) is 23.4 Å². The molecule has 1 aromatic carbocycles. The van der Waals surface area contributed by atoms with Crippen LogP contribution in [0.3, 0.4) is 0 Å². The number of nitrogens with one attached hydrogen (secondary N) is 2. The Labute approximate surface area is 241 Å². The van der Waals surface area contributed by atoms with Crippen molar-refractivity contribution in [1.82, 2.24) is 15.5 Å². The van der Waals surface area contributed by atoms with E-state index < -0.39 is 29.7 Å². The summed E-state index contributed by atoms with van der Waals surface area (Å²) in [5.74, 6) is -0.801. The van der Waals surface area contributed by atoms with Gasteiger partial charge < -0.3 is 25.4 Å². The number of amides is 3. The van der Waals surface area contributed by atoms with Crippen LogP contribution in [0.5, 0.6) is 5.75 Å². The van der Waals surface area contributed by atoms with Gasteiger partial charge in [0.05, 0.1) is 0 Å². The number of hydrogen-bond donors (Lipinski definition) is 4. The van der Waals surface area contributed by atoms with Gasteiger partial charge in [-0.2, -0.15) is 12.6 Å². The number of nitrogens with zero attached hydrogens (tertiary/aromatic N) is 1. The van der Waals surface area contributed by atoms with Crippen LogP contribution in [0.4, 0.5) is 4.79 Å². The number of para-hydroxylation sites is 1. The average Bonchev–Trinajstić information content (AvgIpc) is 2.87. The molecule has 0 spiro atoms. The van der Waals surface area contributed by atoms with E-state index in [1.165, 1.54) is 4.90 Å². The molecule has 3 N–H and O–H groups in total. The molecule has 8 nitrogen and oxygen atoms in total. The third-order valence-electron chi connectivity index (χ3n) is 6.41. The number of unbranched alkanes of at least 4 members (excludes halogenated alkanes) is 7. The predicted molar refractivity (Wildman–Crippen MR) is 160 cm³/mol. The van der Waals surface area contributed by atoms with Crippen molar-refractivity contribution in [3.63, 3.8) is 0 Å². The van der Waals surface area contributed by atoms with Gasteiger partial charge in [-0.1, -0.05) is 77.0 Å². The number of hydrogen-bond acceptors (Lipinski definition) is 6. The Hall–Kier alpha value is -2.42. The SMILES string of the molecule is CCCCCCCCN(C(=O)C(CS)NC(=O)OC(C)(C)C)C(C(=O)NCCCCC)c1cccc(C)c1O. The van der Waals surface area contributed by atoms with Crippen molar-refractivity contribution in [2.75, 3.05) is 18.8 Å². The normalized spacial score (nSPS) is 12.9. The monoisotopic (exact) mass is 565 g/mol. The van der Waals surface area contributed by atoms with E-state index in [-0.39, 0.29) is 17.4 Å². The zero-order chi connectivity index (χ0) is 29.4. The number of aromatic hydroxyl groups is 1. The van der Waals surface area contributed by atoms with Crippen molar-refractivity contribution in [3.05, 3.63) is 29.3 Å². The van der Waals surface area contributed by atoms with Crippen molar-refractivity contribution in [2.45, 2.75) is 117 Å². The van der Waals surface area contributed by atoms with E-state index in [2.05, 4.69) is 37.1 Å². The number of aryl methyl sites for hydroxylation is 1. The summed E-state index contributed by atoms with van der Waals surface area (Å²) in [6.45, 7) is 12.0. The molecule has 0 aliphatic heterocycles. The number of phenolic OH excluding ortho intramolecular Hbond substituents is 1. The molecular weight excluding hydrogens is 514 g/mol. The van der Waals surface area contributed by atoms with Gasteiger partial charge in [0.25, 0.3) is 0 Å². The second kappa shape index (κ2) is 18.0. The second-order valence-electron chi connectivity index (χ2n) is 11.1. The molecule has 3 amide bonds. The van der Waals surface area contributed by atoms with Gasteiger partial charge in [-0.05, 0) is 46.1 Å². The summed E-state index contributed by atoms with van der Waals surface area (Å²) in [4.78, 5) is 41.7. The first-order chi connectivity index (χ1) is 18.5. The summed E-state index contributed by atoms with van der Waals surface area (Å²) in [5, 5.41) is 16.6. The van der Waals surface area contributed by atoms with E-state index in [0.29, 0.717) is 30.6 Å². The molecule has 0 saturated carbocycles. The minimum Gasteiger partial charge on any atom is -0.507 e. The van der Waals surface area contributed by atoms with Crippen LogP contribution in [-0.4, -0.2) is 58.4 Å². The summed E-state index contributed by atoms with van der Waals surface area (Å²) in [6, 6.07) is 3.14. The Morgan fingerprint density at radius 2 is 1.62 bits per heavy atom. The van der Waals surface area contributed by atoms with Gasteiger partial charge in [0.15, 0.2) is 0 Å². The molecule has 0 radical (unpaired) electrons. The Bertz CT molecular complexity index is 903. The van der Waals surface area contributed by atoms with Gasteiger partial charge in [-0.3, -0.25) is 9.59 Å². The molecule has 0 aromatic heterocycles. The van der Waals surface area contributed by atoms with E-state index in [1.54, 1.807) is 45.9 Å².